The van der Waals surface area contributed by atoms with Crippen LogP contribution >= 0.6 is 0 Å². The topological polar surface area (TPSA) is 85.5 Å². The Morgan fingerprint density at radius 3 is 2.54 bits per heavy atom. The zero-order chi connectivity index (χ0) is 19.0. The fourth-order valence-electron chi connectivity index (χ4n) is 2.80. The molecule has 0 aliphatic carbocycles. The van der Waals surface area contributed by atoms with Gasteiger partial charge >= 0.3 is 11.9 Å². The van der Waals surface area contributed by atoms with E-state index in [1.54, 1.807) is 6.92 Å². The van der Waals surface area contributed by atoms with Crippen molar-refractivity contribution in [3.05, 3.63) is 62.8 Å². The van der Waals surface area contributed by atoms with E-state index in [0.717, 1.165) is 6.20 Å². The Morgan fingerprint density at radius 2 is 1.92 bits per heavy atom. The molecule has 2 aromatic rings. The number of carbonyl (C=O) groups is 2. The number of fused-ring (bicyclic) bond motifs is 1. The summed E-state index contributed by atoms with van der Waals surface area (Å²) in [6.07, 6.45) is 0.619. The van der Waals surface area contributed by atoms with Crippen LogP contribution in [0.1, 0.15) is 40.7 Å². The largest absolute Gasteiger partial charge is 0.462 e. The number of ether oxygens (including phenoxy) is 2. The molecule has 136 valence electrons. The molecule has 3 rings (SSSR count). The number of benzene rings is 1. The number of esters is 2. The van der Waals surface area contributed by atoms with Crippen LogP contribution in [0.15, 0.2) is 23.1 Å². The maximum absolute atomic E-state index is 13.6. The third-order valence-corrected chi connectivity index (χ3v) is 3.92. The van der Waals surface area contributed by atoms with Crippen LogP contribution in [0.2, 0.25) is 0 Å². The lowest BCUT2D eigenvalue weighted by Crippen LogP contribution is -2.30. The Kier molecular flexibility index (Phi) is 4.54. The summed E-state index contributed by atoms with van der Waals surface area (Å²) in [6.45, 7) is 1.60. The molecule has 0 saturated heterocycles. The van der Waals surface area contributed by atoms with Gasteiger partial charge in [0.05, 0.1) is 18.6 Å². The minimum Gasteiger partial charge on any atom is -0.462 e. The van der Waals surface area contributed by atoms with Crippen molar-refractivity contribution in [2.45, 2.75) is 19.3 Å². The van der Waals surface area contributed by atoms with Crippen molar-refractivity contribution in [2.24, 2.45) is 0 Å². The molecule has 0 bridgehead atoms. The highest BCUT2D eigenvalue weighted by molar-refractivity contribution is 5.94. The van der Waals surface area contributed by atoms with E-state index in [1.807, 2.05) is 0 Å². The Morgan fingerprint density at radius 1 is 1.27 bits per heavy atom. The highest BCUT2D eigenvalue weighted by Gasteiger charge is 2.35. The summed E-state index contributed by atoms with van der Waals surface area (Å²) >= 11 is 0. The number of aromatic amines is 1. The van der Waals surface area contributed by atoms with Gasteiger partial charge in [0.1, 0.15) is 5.56 Å². The molecule has 1 N–H and O–H groups in total. The number of hydrogen-bond donors (Lipinski definition) is 1. The smallest absolute Gasteiger partial charge is 0.343 e. The van der Waals surface area contributed by atoms with E-state index in [0.29, 0.717) is 12.1 Å². The van der Waals surface area contributed by atoms with E-state index < -0.39 is 47.3 Å². The molecule has 0 fully saturated rings. The maximum atomic E-state index is 13.6. The first-order valence-corrected chi connectivity index (χ1v) is 7.61. The molecule has 0 amide bonds. The lowest BCUT2D eigenvalue weighted by Gasteiger charge is -2.25. The molecule has 1 aromatic carbocycles. The van der Waals surface area contributed by atoms with E-state index in [1.165, 1.54) is 0 Å². The zero-order valence-electron chi connectivity index (χ0n) is 13.4. The van der Waals surface area contributed by atoms with Crippen molar-refractivity contribution in [3.8, 4) is 5.75 Å². The average Bonchev–Trinajstić information content (AvgIpc) is 2.58. The van der Waals surface area contributed by atoms with Crippen molar-refractivity contribution >= 4 is 11.9 Å². The van der Waals surface area contributed by atoms with Gasteiger partial charge in [0, 0.05) is 12.1 Å². The lowest BCUT2D eigenvalue weighted by atomic mass is 9.86. The van der Waals surface area contributed by atoms with Gasteiger partial charge in [0.25, 0.3) is 5.56 Å². The molecule has 1 aliphatic heterocycles. The summed E-state index contributed by atoms with van der Waals surface area (Å²) < 4.78 is 50.3. The molecule has 1 aromatic heterocycles. The number of aromatic nitrogens is 1. The van der Waals surface area contributed by atoms with Gasteiger partial charge in [-0.3, -0.25) is 9.59 Å². The predicted molar refractivity (Wildman–Crippen MR) is 81.4 cm³/mol. The number of nitrogens with one attached hydrogen (secondary N) is 1. The molecule has 1 aliphatic rings. The molecule has 6 nitrogen and oxygen atoms in total. The molecule has 2 heterocycles. The van der Waals surface area contributed by atoms with Gasteiger partial charge in [-0.25, -0.2) is 18.0 Å². The molecular formula is C17H12F3NO5. The molecule has 0 unspecified atom stereocenters. The van der Waals surface area contributed by atoms with Gasteiger partial charge in [0.15, 0.2) is 23.2 Å². The minimum absolute atomic E-state index is 0.0402. The van der Waals surface area contributed by atoms with Crippen LogP contribution in [0.5, 0.6) is 5.75 Å². The Labute approximate surface area is 144 Å². The Balaban J connectivity index is 2.21. The summed E-state index contributed by atoms with van der Waals surface area (Å²) in [5, 5.41) is 0. The van der Waals surface area contributed by atoms with Crippen molar-refractivity contribution in [3.63, 3.8) is 0 Å². The highest BCUT2D eigenvalue weighted by atomic mass is 19.2. The third-order valence-electron chi connectivity index (χ3n) is 3.92. The van der Waals surface area contributed by atoms with E-state index in [-0.39, 0.29) is 29.0 Å². The first kappa shape index (κ1) is 17.7. The quantitative estimate of drug-likeness (QED) is 0.665. The van der Waals surface area contributed by atoms with Crippen LogP contribution in [-0.2, 0) is 9.53 Å². The van der Waals surface area contributed by atoms with Gasteiger partial charge in [-0.05, 0) is 24.6 Å². The van der Waals surface area contributed by atoms with E-state index >= 15 is 0 Å². The predicted octanol–water partition coefficient (Wildman–Crippen LogP) is 2.41. The van der Waals surface area contributed by atoms with Gasteiger partial charge in [0.2, 0.25) is 0 Å². The van der Waals surface area contributed by atoms with Crippen LogP contribution in [0.3, 0.4) is 0 Å². The number of H-pyrrole nitrogens is 1. The summed E-state index contributed by atoms with van der Waals surface area (Å²) in [6, 6.07) is 1.39. The van der Waals surface area contributed by atoms with Gasteiger partial charge in [-0.2, -0.15) is 0 Å². The number of carbonyl (C=O) groups excluding carboxylic acids is 2. The summed E-state index contributed by atoms with van der Waals surface area (Å²) in [5.41, 5.74) is -1.22. The second kappa shape index (κ2) is 6.66. The van der Waals surface area contributed by atoms with Gasteiger partial charge in [-0.15, -0.1) is 0 Å². The molecule has 0 spiro atoms. The van der Waals surface area contributed by atoms with Crippen LogP contribution in [0, 0.1) is 17.5 Å². The molecule has 0 radical (unpaired) electrons. The maximum Gasteiger partial charge on any atom is 0.343 e. The zero-order valence-corrected chi connectivity index (χ0v) is 13.4. The molecule has 0 saturated carbocycles. The van der Waals surface area contributed by atoms with Crippen molar-refractivity contribution in [2.75, 3.05) is 6.61 Å². The minimum atomic E-state index is -1.67. The SMILES string of the molecule is CCOC(=O)c1c[nH]c(=O)c2c1OC(=O)C[C@H]2c1cc(F)c(F)c(F)c1. The van der Waals surface area contributed by atoms with Gasteiger partial charge < -0.3 is 14.5 Å². The number of pyridine rings is 1. The standard InChI is InChI=1S/C17H12F3NO5/c1-2-25-17(24)9-6-21-16(23)13-8(5-12(22)26-15(9)13)7-3-10(18)14(20)11(19)4-7/h3-4,6,8H,2,5H2,1H3,(H,21,23)/t8-/m0/s1. The lowest BCUT2D eigenvalue weighted by molar-refractivity contribution is -0.135. The Hall–Kier alpha value is -3.10. The third kappa shape index (κ3) is 2.96. The number of halogens is 3. The fourth-order valence-corrected chi connectivity index (χ4v) is 2.80. The first-order chi connectivity index (χ1) is 12.3. The molecule has 26 heavy (non-hydrogen) atoms. The monoisotopic (exact) mass is 367 g/mol. The van der Waals surface area contributed by atoms with Crippen molar-refractivity contribution in [1.82, 2.24) is 4.98 Å². The summed E-state index contributed by atoms with van der Waals surface area (Å²) in [4.78, 5) is 38.5. The van der Waals surface area contributed by atoms with Crippen molar-refractivity contribution in [1.29, 1.82) is 0 Å². The normalized spacial score (nSPS) is 16.0. The van der Waals surface area contributed by atoms with Crippen LogP contribution in [0.25, 0.3) is 0 Å². The number of rotatable bonds is 3. The van der Waals surface area contributed by atoms with Crippen LogP contribution in [-0.4, -0.2) is 23.5 Å². The van der Waals surface area contributed by atoms with Crippen molar-refractivity contribution < 1.29 is 32.2 Å². The van der Waals surface area contributed by atoms with E-state index in [2.05, 4.69) is 4.98 Å². The Bertz CT molecular complexity index is 946. The van der Waals surface area contributed by atoms with Gasteiger partial charge in [-0.1, -0.05) is 0 Å². The summed E-state index contributed by atoms with van der Waals surface area (Å²) in [5.74, 6) is -7.69. The molecular weight excluding hydrogens is 355 g/mol. The molecule has 9 heteroatoms. The second-order valence-corrected chi connectivity index (χ2v) is 5.52. The highest BCUT2D eigenvalue weighted by Crippen LogP contribution is 2.39. The summed E-state index contributed by atoms with van der Waals surface area (Å²) in [7, 11) is 0. The van der Waals surface area contributed by atoms with E-state index in [4.69, 9.17) is 9.47 Å². The average molecular weight is 367 g/mol. The molecule has 1 atom stereocenters. The van der Waals surface area contributed by atoms with E-state index in [9.17, 15) is 27.6 Å². The number of hydrogen-bond acceptors (Lipinski definition) is 5. The van der Waals surface area contributed by atoms with Crippen LogP contribution in [0.4, 0.5) is 13.2 Å². The first-order valence-electron chi connectivity index (χ1n) is 7.61. The van der Waals surface area contributed by atoms with Crippen LogP contribution < -0.4 is 10.3 Å². The fraction of sp³-hybridized carbons (Fsp3) is 0.235. The second-order valence-electron chi connectivity index (χ2n) is 5.52.